The Kier molecular flexibility index (Phi) is 28.6. The molecule has 8 aliphatic heterocycles. The van der Waals surface area contributed by atoms with Gasteiger partial charge in [-0.25, -0.2) is 29.5 Å². The third-order valence-corrected chi connectivity index (χ3v) is 28.6. The zero-order valence-corrected chi connectivity index (χ0v) is 78.1. The molecule has 7 aromatic carbocycles. The lowest BCUT2D eigenvalue weighted by atomic mass is 9.82. The van der Waals surface area contributed by atoms with Crippen LogP contribution in [0.3, 0.4) is 0 Å². The Balaban J connectivity index is 0.000000134. The number of rotatable bonds is 16. The maximum absolute atomic E-state index is 13.3. The number of fused-ring (bicyclic) bond motifs is 4. The number of benzene rings is 7. The third kappa shape index (κ3) is 21.1. The number of hydrogen-bond acceptors (Lipinski definition) is 25. The number of methoxy groups -OCH3 is 2. The van der Waals surface area contributed by atoms with E-state index in [-0.39, 0.29) is 39.3 Å². The van der Waals surface area contributed by atoms with E-state index in [1.54, 1.807) is 122 Å². The van der Waals surface area contributed by atoms with Gasteiger partial charge >= 0.3 is 12.2 Å². The molecule has 22 nitrogen and oxygen atoms in total. The minimum absolute atomic E-state index is 0.0941. The smallest absolute Gasteiger partial charge is 0.426 e. The van der Waals surface area contributed by atoms with Crippen molar-refractivity contribution in [2.75, 3.05) is 99.4 Å². The first-order valence-electron chi connectivity index (χ1n) is 39.9. The summed E-state index contributed by atoms with van der Waals surface area (Å²) in [5, 5.41) is 6.30. The van der Waals surface area contributed by atoms with Crippen LogP contribution < -0.4 is 30.3 Å². The first-order chi connectivity index (χ1) is 58.1. The standard InChI is InChI=1S/C29H29BrN2O3S.C26H32BrN5O4S.C20H19BrN2OS.C16H16BrN5S/c1-34-25-12-11-21(27(14-25)35-2)16-32-17-23-18-36-28(15-26(33)20-7-4-3-5-8-20)31-29(23,19-32)22-9-6-10-24(30)13-22;1-24(2,3)35-22(33)32(23(34)36-25(4,5)6)21-30-26(17-8-7-9-19(27)12-17)16-31(14-18(26)15-37-21)20-13-28-10-11-29-20;21-17-8-4-7-15(9-17)20-13-22-11-16(20)12-25-19(23-20)10-18(24)14-5-2-1-3-6-14;17-13-3-1-2-11(6-13)16-10-22(14-7-19-4-5-20-14)8-12(16)9-23-15(18)21-16/h3-14,23H,15-19H2,1-2H3;7-13,18H,14-16H2,1-6H3;1-9,16,22H,10-13H2;1-7,12H,8-10H2,(H2,18,21)/t23-,29+;18-,26+;16-,20+;12-,16+/m0000/s1. The molecule has 0 saturated carbocycles. The van der Waals surface area contributed by atoms with E-state index in [4.69, 9.17) is 44.7 Å². The van der Waals surface area contributed by atoms with Crippen LogP contribution in [-0.4, -0.2) is 175 Å². The molecule has 3 N–H and O–H groups in total. The van der Waals surface area contributed by atoms with Gasteiger partial charge in [0.1, 0.15) is 56.5 Å². The number of halogens is 4. The van der Waals surface area contributed by atoms with E-state index in [0.717, 1.165) is 141 Å². The van der Waals surface area contributed by atoms with Gasteiger partial charge in [-0.15, -0.1) is 23.5 Å². The van der Waals surface area contributed by atoms with Crippen molar-refractivity contribution in [1.29, 1.82) is 0 Å². The monoisotopic (exact) mass is 1960 g/mol. The fourth-order valence-electron chi connectivity index (χ4n) is 16.6. The van der Waals surface area contributed by atoms with Gasteiger partial charge in [0.2, 0.25) is 0 Å². The maximum atomic E-state index is 13.3. The van der Waals surface area contributed by atoms with Crippen LogP contribution in [0.4, 0.5) is 21.2 Å². The van der Waals surface area contributed by atoms with Gasteiger partial charge in [0, 0.05) is 171 Å². The minimum Gasteiger partial charge on any atom is -0.497 e. The third-order valence-electron chi connectivity index (χ3n) is 22.3. The molecule has 2 aromatic heterocycles. The van der Waals surface area contributed by atoms with Gasteiger partial charge in [0.25, 0.3) is 0 Å². The Labute approximate surface area is 757 Å². The highest BCUT2D eigenvalue weighted by Gasteiger charge is 2.55. The molecule has 8 atom stereocenters. The van der Waals surface area contributed by atoms with E-state index in [1.807, 2.05) is 121 Å². The molecule has 0 spiro atoms. The van der Waals surface area contributed by atoms with Gasteiger partial charge in [0.05, 0.1) is 49.5 Å². The molecule has 121 heavy (non-hydrogen) atoms. The number of Topliss-reactive ketones (excluding diaryl/α,β-unsaturated/α-hetero) is 2. The van der Waals surface area contributed by atoms with Crippen LogP contribution in [0.5, 0.6) is 11.5 Å². The van der Waals surface area contributed by atoms with E-state index in [1.165, 1.54) is 28.5 Å². The zero-order chi connectivity index (χ0) is 85.3. The topological polar surface area (TPSA) is 257 Å². The fraction of sp³-hybridized carbons (Fsp3) is 0.363. The number of ketones is 2. The largest absolute Gasteiger partial charge is 0.497 e. The van der Waals surface area contributed by atoms with E-state index in [2.05, 4.69) is 164 Å². The summed E-state index contributed by atoms with van der Waals surface area (Å²) in [6.45, 7) is 17.7. The second-order valence-electron chi connectivity index (χ2n) is 32.7. The molecule has 2 amide bonds. The van der Waals surface area contributed by atoms with E-state index in [0.29, 0.717) is 54.6 Å². The first kappa shape index (κ1) is 89.0. The average molecular weight is 1960 g/mol. The molecule has 30 heteroatoms. The highest BCUT2D eigenvalue weighted by Crippen LogP contribution is 2.52. The van der Waals surface area contributed by atoms with E-state index >= 15 is 0 Å². The summed E-state index contributed by atoms with van der Waals surface area (Å²) < 4.78 is 26.3. The molecule has 0 unspecified atom stereocenters. The van der Waals surface area contributed by atoms with Gasteiger partial charge in [-0.05, 0) is 118 Å². The lowest BCUT2D eigenvalue weighted by Gasteiger charge is -2.38. The van der Waals surface area contributed by atoms with Gasteiger partial charge in [0.15, 0.2) is 21.9 Å². The van der Waals surface area contributed by atoms with E-state index in [9.17, 15) is 19.2 Å². The molecule has 10 heterocycles. The highest BCUT2D eigenvalue weighted by molar-refractivity contribution is 9.11. The second-order valence-corrected chi connectivity index (χ2v) is 40.6. The van der Waals surface area contributed by atoms with Crippen LogP contribution in [-0.2, 0) is 38.2 Å². The molecule has 0 bridgehead atoms. The van der Waals surface area contributed by atoms with Crippen LogP contribution in [0.25, 0.3) is 0 Å². The number of amides is 2. The van der Waals surface area contributed by atoms with Crippen molar-refractivity contribution in [1.82, 2.24) is 35.1 Å². The summed E-state index contributed by atoms with van der Waals surface area (Å²) in [5.74, 6) is 8.35. The Bertz CT molecular complexity index is 5330. The van der Waals surface area contributed by atoms with E-state index < -0.39 is 28.9 Å². The molecule has 4 saturated heterocycles. The lowest BCUT2D eigenvalue weighted by molar-refractivity contribution is 0.0150. The molecule has 8 aliphatic rings. The number of anilines is 2. The average Bonchev–Trinajstić information content (AvgIpc) is 1.62. The van der Waals surface area contributed by atoms with Gasteiger partial charge in [-0.3, -0.25) is 34.4 Å². The van der Waals surface area contributed by atoms with Crippen LogP contribution >= 0.6 is 111 Å². The van der Waals surface area contributed by atoms with Crippen molar-refractivity contribution < 1.29 is 38.1 Å². The minimum atomic E-state index is -0.820. The number of hydrogen-bond donors (Lipinski definition) is 2. The number of carbonyl (C=O) groups excluding carboxylic acids is 4. The Morgan fingerprint density at radius 3 is 1.40 bits per heavy atom. The number of thioether (sulfide) groups is 4. The molecule has 0 radical (unpaired) electrons. The number of nitrogens with two attached hydrogens (primary N) is 1. The summed E-state index contributed by atoms with van der Waals surface area (Å²) in [6.07, 6.45) is 9.36. The number of aromatic nitrogens is 4. The maximum Gasteiger partial charge on any atom is 0.426 e. The molecule has 630 valence electrons. The highest BCUT2D eigenvalue weighted by atomic mass is 79.9. The number of nitrogens with one attached hydrogen (secondary N) is 1. The van der Waals surface area contributed by atoms with Gasteiger partial charge < -0.3 is 39.8 Å². The molecule has 0 aliphatic carbocycles. The lowest BCUT2D eigenvalue weighted by Crippen LogP contribution is -2.49. The van der Waals surface area contributed by atoms with Crippen LogP contribution in [0.1, 0.15) is 103 Å². The number of ether oxygens (including phenoxy) is 4. The van der Waals surface area contributed by atoms with Crippen molar-refractivity contribution in [2.24, 2.45) is 49.4 Å². The second kappa shape index (κ2) is 38.9. The van der Waals surface area contributed by atoms with Crippen molar-refractivity contribution in [2.45, 2.75) is 94.3 Å². The van der Waals surface area contributed by atoms with Crippen LogP contribution in [0, 0.1) is 23.7 Å². The predicted molar refractivity (Wildman–Crippen MR) is 502 cm³/mol. The molecule has 4 fully saturated rings. The molecular formula is C91H96Br4N14O8S4. The number of carbonyl (C=O) groups is 4. The normalized spacial score (nSPS) is 23.3. The molecule has 9 aromatic rings. The van der Waals surface area contributed by atoms with Gasteiger partial charge in [-0.1, -0.05) is 203 Å². The van der Waals surface area contributed by atoms with Crippen molar-refractivity contribution in [3.63, 3.8) is 0 Å². The number of likely N-dealkylation sites (tertiary alicyclic amines) is 1. The van der Waals surface area contributed by atoms with Crippen molar-refractivity contribution in [3.05, 3.63) is 270 Å². The first-order valence-corrected chi connectivity index (χ1v) is 47.0. The SMILES string of the molecule is CC(C)(C)OC(=O)N(C(=O)OC(C)(C)C)C1=N[C@@]2(c3cccc(Br)c3)CN(c3cnccn3)C[C@H]2CS1.COc1ccc(CN2C[C@H]3CSC(CC(=O)c4ccccc4)=N[C@@]3(c3cccc(Br)c3)C2)c(OC)c1.NC1=N[C@@]2(c3cccc(Br)c3)CN(c3cnccn3)C[C@H]2CS1.O=C(CC1=N[C@@]2(c3cccc(Br)c3)CNC[C@H]2CS1)c1ccccc1. The summed E-state index contributed by atoms with van der Waals surface area (Å²) in [6, 6.07) is 58.3. The fourth-order valence-corrected chi connectivity index (χ4v) is 22.9. The number of aliphatic imine (C=N–C) groups is 4. The summed E-state index contributed by atoms with van der Waals surface area (Å²) in [7, 11) is 3.36. The summed E-state index contributed by atoms with van der Waals surface area (Å²) in [5.41, 5.74) is 10.0. The predicted octanol–water partition coefficient (Wildman–Crippen LogP) is 19.0. The number of nitrogens with zero attached hydrogens (tertiary/aromatic N) is 12. The van der Waals surface area contributed by atoms with Crippen LogP contribution in [0.2, 0.25) is 0 Å². The zero-order valence-electron chi connectivity index (χ0n) is 68.5. The Morgan fingerprint density at radius 1 is 0.496 bits per heavy atom. The number of amidine groups is 2. The number of imide groups is 1. The summed E-state index contributed by atoms with van der Waals surface area (Å²) >= 11 is 20.9. The Morgan fingerprint density at radius 2 is 0.942 bits per heavy atom. The Hall–Kier alpha value is -8.30. The molecular weight excluding hydrogens is 1860 g/mol. The summed E-state index contributed by atoms with van der Waals surface area (Å²) in [4.78, 5) is 98.0. The van der Waals surface area contributed by atoms with Gasteiger partial charge in [-0.2, -0.15) is 4.90 Å². The quantitative estimate of drug-likeness (QED) is 0.0852. The van der Waals surface area contributed by atoms with Crippen molar-refractivity contribution >= 4 is 167 Å². The van der Waals surface area contributed by atoms with Crippen molar-refractivity contribution in [3.8, 4) is 11.5 Å². The molecule has 17 rings (SSSR count). The van der Waals surface area contributed by atoms with Crippen LogP contribution in [0.15, 0.2) is 251 Å².